The van der Waals surface area contributed by atoms with Crippen LogP contribution in [0.15, 0.2) is 36.5 Å². The number of hydrogen-bond acceptors (Lipinski definition) is 3. The average molecular weight is 229 g/mol. The third-order valence-electron chi connectivity index (χ3n) is 2.47. The maximum atomic E-state index is 11.4. The molecule has 0 saturated carbocycles. The Morgan fingerprint density at radius 3 is 2.82 bits per heavy atom. The predicted octanol–water partition coefficient (Wildman–Crippen LogP) is 0.597. The summed E-state index contributed by atoms with van der Waals surface area (Å²) >= 11 is 0. The van der Waals surface area contributed by atoms with Gasteiger partial charge in [-0.05, 0) is 23.4 Å². The van der Waals surface area contributed by atoms with Crippen LogP contribution in [0.1, 0.15) is 6.92 Å². The lowest BCUT2D eigenvalue weighted by molar-refractivity contribution is -0.143. The van der Waals surface area contributed by atoms with E-state index in [1.54, 1.807) is 0 Å². The first kappa shape index (κ1) is 11.5. The molecule has 0 spiro atoms. The van der Waals surface area contributed by atoms with Gasteiger partial charge in [0.1, 0.15) is 6.54 Å². The fourth-order valence-electron chi connectivity index (χ4n) is 1.71. The van der Waals surface area contributed by atoms with Crippen molar-refractivity contribution in [2.75, 3.05) is 13.2 Å². The number of benzene rings is 1. The summed E-state index contributed by atoms with van der Waals surface area (Å²) in [6.45, 7) is 2.47. The molecule has 1 aliphatic heterocycles. The number of ether oxygens (including phenoxy) is 1. The Morgan fingerprint density at radius 2 is 2.06 bits per heavy atom. The van der Waals surface area contributed by atoms with Crippen LogP contribution in [-0.4, -0.2) is 24.0 Å². The zero-order valence-corrected chi connectivity index (χ0v) is 9.80. The van der Waals surface area contributed by atoms with Crippen LogP contribution in [0.5, 0.6) is 0 Å². The van der Waals surface area contributed by atoms with Crippen LogP contribution >= 0.6 is 0 Å². The van der Waals surface area contributed by atoms with Crippen LogP contribution in [-0.2, 0) is 9.53 Å². The first-order valence-electron chi connectivity index (χ1n) is 5.66. The van der Waals surface area contributed by atoms with Crippen molar-refractivity contribution < 1.29 is 9.53 Å². The van der Waals surface area contributed by atoms with Gasteiger partial charge in [-0.2, -0.15) is 0 Å². The van der Waals surface area contributed by atoms with E-state index in [-0.39, 0.29) is 12.5 Å². The van der Waals surface area contributed by atoms with Gasteiger partial charge < -0.3 is 9.64 Å². The second-order valence-corrected chi connectivity index (χ2v) is 3.74. The number of hydrogen-bond donors (Lipinski definition) is 0. The SMILES string of the molecule is CCOC(=O)CN1C=CC=c2ccccc2=C1. The molecule has 1 heterocycles. The quantitative estimate of drug-likeness (QED) is 0.711. The molecule has 1 aliphatic rings. The van der Waals surface area contributed by atoms with Crippen LogP contribution in [0, 0.1) is 0 Å². The van der Waals surface area contributed by atoms with Crippen LogP contribution in [0.3, 0.4) is 0 Å². The zero-order valence-electron chi connectivity index (χ0n) is 9.80. The third kappa shape index (κ3) is 2.97. The van der Waals surface area contributed by atoms with E-state index in [0.717, 1.165) is 10.4 Å². The molecule has 0 aliphatic carbocycles. The molecule has 0 N–H and O–H groups in total. The van der Waals surface area contributed by atoms with E-state index in [1.165, 1.54) is 0 Å². The van der Waals surface area contributed by atoms with Crippen molar-refractivity contribution >= 4 is 18.2 Å². The normalized spacial score (nSPS) is 13.1. The van der Waals surface area contributed by atoms with Crippen LogP contribution < -0.4 is 10.4 Å². The lowest BCUT2D eigenvalue weighted by atomic mass is 10.2. The smallest absolute Gasteiger partial charge is 0.325 e. The molecule has 3 nitrogen and oxygen atoms in total. The summed E-state index contributed by atoms with van der Waals surface area (Å²) in [5, 5.41) is 2.25. The molecule has 1 aromatic carbocycles. The number of rotatable bonds is 3. The van der Waals surface area contributed by atoms with Gasteiger partial charge in [0, 0.05) is 12.4 Å². The van der Waals surface area contributed by atoms with Gasteiger partial charge in [-0.3, -0.25) is 4.79 Å². The van der Waals surface area contributed by atoms with Crippen molar-refractivity contribution in [1.29, 1.82) is 0 Å². The number of carbonyl (C=O) groups excluding carboxylic acids is 1. The van der Waals surface area contributed by atoms with E-state index in [9.17, 15) is 4.79 Å². The number of esters is 1. The highest BCUT2D eigenvalue weighted by atomic mass is 16.5. The van der Waals surface area contributed by atoms with Gasteiger partial charge in [-0.1, -0.05) is 30.3 Å². The Labute approximate surface area is 100 Å². The van der Waals surface area contributed by atoms with E-state index in [1.807, 2.05) is 60.6 Å². The lowest BCUT2D eigenvalue weighted by Crippen LogP contribution is -2.28. The van der Waals surface area contributed by atoms with Gasteiger partial charge in [0.25, 0.3) is 0 Å². The molecule has 88 valence electrons. The summed E-state index contributed by atoms with van der Waals surface area (Å²) in [7, 11) is 0. The summed E-state index contributed by atoms with van der Waals surface area (Å²) in [6.07, 6.45) is 7.78. The Hall–Kier alpha value is -2.03. The minimum Gasteiger partial charge on any atom is -0.465 e. The second-order valence-electron chi connectivity index (χ2n) is 3.74. The first-order valence-corrected chi connectivity index (χ1v) is 5.66. The Balaban J connectivity index is 2.23. The molecule has 0 unspecified atom stereocenters. The summed E-state index contributed by atoms with van der Waals surface area (Å²) in [4.78, 5) is 13.2. The van der Waals surface area contributed by atoms with Crippen molar-refractivity contribution in [2.45, 2.75) is 6.92 Å². The van der Waals surface area contributed by atoms with Crippen LogP contribution in [0.25, 0.3) is 12.3 Å². The van der Waals surface area contributed by atoms with Gasteiger partial charge in [0.05, 0.1) is 6.61 Å². The van der Waals surface area contributed by atoms with Crippen LogP contribution in [0.4, 0.5) is 0 Å². The van der Waals surface area contributed by atoms with Crippen molar-refractivity contribution in [1.82, 2.24) is 4.90 Å². The largest absolute Gasteiger partial charge is 0.465 e. The maximum absolute atomic E-state index is 11.4. The molecule has 0 fully saturated rings. The molecule has 0 bridgehead atoms. The van der Waals surface area contributed by atoms with E-state index in [4.69, 9.17) is 4.74 Å². The average Bonchev–Trinajstić information content (AvgIpc) is 2.50. The van der Waals surface area contributed by atoms with Gasteiger partial charge in [-0.25, -0.2) is 0 Å². The molecule has 0 aromatic heterocycles. The van der Waals surface area contributed by atoms with Crippen molar-refractivity contribution in [3.05, 3.63) is 47.0 Å². The molecule has 1 aromatic rings. The van der Waals surface area contributed by atoms with E-state index in [2.05, 4.69) is 0 Å². The monoisotopic (exact) mass is 229 g/mol. The standard InChI is InChI=1S/C14H15NO2/c1-2-17-14(16)11-15-9-5-8-12-6-3-4-7-13(12)10-15/h3-10H,2,11H2,1H3. The summed E-state index contributed by atoms with van der Waals surface area (Å²) in [6, 6.07) is 8.05. The second kappa shape index (κ2) is 5.34. The predicted molar refractivity (Wildman–Crippen MR) is 67.1 cm³/mol. The van der Waals surface area contributed by atoms with E-state index in [0.29, 0.717) is 6.61 Å². The zero-order chi connectivity index (χ0) is 12.1. The summed E-state index contributed by atoms with van der Waals surface area (Å²) in [5.74, 6) is -0.215. The molecule has 3 heteroatoms. The minimum absolute atomic E-state index is 0.215. The molecular weight excluding hydrogens is 214 g/mol. The molecule has 0 saturated heterocycles. The van der Waals surface area contributed by atoms with Crippen LogP contribution in [0.2, 0.25) is 0 Å². The van der Waals surface area contributed by atoms with Gasteiger partial charge in [-0.15, -0.1) is 0 Å². The van der Waals surface area contributed by atoms with Gasteiger partial charge in [0.15, 0.2) is 0 Å². The highest BCUT2D eigenvalue weighted by Gasteiger charge is 2.06. The first-order chi connectivity index (χ1) is 8.29. The van der Waals surface area contributed by atoms with Crippen molar-refractivity contribution in [2.24, 2.45) is 0 Å². The number of carbonyl (C=O) groups is 1. The van der Waals surface area contributed by atoms with Gasteiger partial charge in [0.2, 0.25) is 0 Å². The summed E-state index contributed by atoms with van der Waals surface area (Å²) in [5.41, 5.74) is 0. The molecule has 0 atom stereocenters. The lowest BCUT2D eigenvalue weighted by Gasteiger charge is -2.13. The number of allylic oxidation sites excluding steroid dienone is 1. The fourth-order valence-corrected chi connectivity index (χ4v) is 1.71. The Bertz CT molecular complexity index is 546. The molecule has 2 rings (SSSR count). The number of fused-ring (bicyclic) bond motifs is 1. The van der Waals surface area contributed by atoms with Crippen molar-refractivity contribution in [3.63, 3.8) is 0 Å². The molecular formula is C14H15NO2. The fraction of sp³-hybridized carbons (Fsp3) is 0.214. The highest BCUT2D eigenvalue weighted by molar-refractivity contribution is 5.72. The molecule has 0 amide bonds. The Morgan fingerprint density at radius 1 is 1.29 bits per heavy atom. The highest BCUT2D eigenvalue weighted by Crippen LogP contribution is 1.95. The molecule has 0 radical (unpaired) electrons. The third-order valence-corrected chi connectivity index (χ3v) is 2.47. The summed E-state index contributed by atoms with van der Waals surface area (Å²) < 4.78 is 4.93. The minimum atomic E-state index is -0.215. The molecule has 17 heavy (non-hydrogen) atoms. The number of nitrogens with zero attached hydrogens (tertiary/aromatic N) is 1. The van der Waals surface area contributed by atoms with Gasteiger partial charge >= 0.3 is 5.97 Å². The maximum Gasteiger partial charge on any atom is 0.325 e. The van der Waals surface area contributed by atoms with E-state index >= 15 is 0 Å². The van der Waals surface area contributed by atoms with E-state index < -0.39 is 0 Å². The van der Waals surface area contributed by atoms with Crippen molar-refractivity contribution in [3.8, 4) is 0 Å². The topological polar surface area (TPSA) is 29.5 Å². The Kier molecular flexibility index (Phi) is 3.60.